The van der Waals surface area contributed by atoms with E-state index in [1.165, 1.54) is 5.69 Å². The van der Waals surface area contributed by atoms with Crippen molar-refractivity contribution < 1.29 is 0 Å². The van der Waals surface area contributed by atoms with E-state index in [4.69, 9.17) is 11.6 Å². The van der Waals surface area contributed by atoms with Gasteiger partial charge in [-0.05, 0) is 18.2 Å². The molecule has 0 bridgehead atoms. The molecule has 8 heteroatoms. The highest BCUT2D eigenvalue weighted by Crippen LogP contribution is 2.20. The molecule has 1 N–H and O–H groups in total. The van der Waals surface area contributed by atoms with Crippen molar-refractivity contribution in [2.75, 3.05) is 38.1 Å². The normalized spacial score (nSPS) is 15.7. The molecule has 1 aromatic heterocycles. The first-order chi connectivity index (χ1) is 11.7. The van der Waals surface area contributed by atoms with Crippen LogP contribution in [0.25, 0.3) is 0 Å². The van der Waals surface area contributed by atoms with Gasteiger partial charge in [0, 0.05) is 51.0 Å². The maximum Gasteiger partial charge on any atom is 0.194 e. The van der Waals surface area contributed by atoms with Crippen molar-refractivity contribution in [2.45, 2.75) is 6.54 Å². The number of aliphatic imine (C=N–C) groups is 1. The summed E-state index contributed by atoms with van der Waals surface area (Å²) in [7, 11) is 3.69. The van der Waals surface area contributed by atoms with Crippen molar-refractivity contribution in [3.8, 4) is 0 Å². The number of benzene rings is 1. The fourth-order valence-electron chi connectivity index (χ4n) is 2.82. The number of nitrogens with zero attached hydrogens (tertiary/aromatic N) is 6. The number of hydrogen-bond donors (Lipinski definition) is 1. The molecule has 0 aliphatic carbocycles. The first kappa shape index (κ1) is 16.6. The van der Waals surface area contributed by atoms with Crippen LogP contribution in [0.3, 0.4) is 0 Å². The zero-order valence-corrected chi connectivity index (χ0v) is 14.7. The maximum atomic E-state index is 6.09. The SMILES string of the molecule is CN=C(NCc1ncnn1C)N1CCN(c2cccc(Cl)c2)CC1. The lowest BCUT2D eigenvalue weighted by atomic mass is 10.2. The quantitative estimate of drug-likeness (QED) is 0.671. The molecule has 0 radical (unpaired) electrons. The molecule has 2 aromatic rings. The van der Waals surface area contributed by atoms with E-state index in [2.05, 4.69) is 36.3 Å². The Hall–Kier alpha value is -2.28. The van der Waals surface area contributed by atoms with E-state index >= 15 is 0 Å². The molecule has 7 nitrogen and oxygen atoms in total. The first-order valence-corrected chi connectivity index (χ1v) is 8.34. The molecule has 1 aliphatic heterocycles. The minimum atomic E-state index is 0.609. The molecule has 0 saturated carbocycles. The summed E-state index contributed by atoms with van der Waals surface area (Å²) in [5.41, 5.74) is 1.17. The van der Waals surface area contributed by atoms with Gasteiger partial charge in [0.05, 0.1) is 6.54 Å². The van der Waals surface area contributed by atoms with Gasteiger partial charge in [0.25, 0.3) is 0 Å². The number of piperazine rings is 1. The molecule has 0 amide bonds. The Labute approximate surface area is 146 Å². The van der Waals surface area contributed by atoms with Crippen molar-refractivity contribution in [2.24, 2.45) is 12.0 Å². The second-order valence-electron chi connectivity index (χ2n) is 5.65. The molecule has 1 aliphatic rings. The molecule has 1 saturated heterocycles. The predicted molar refractivity (Wildman–Crippen MR) is 96.4 cm³/mol. The molecular formula is C16H22ClN7. The van der Waals surface area contributed by atoms with Crippen molar-refractivity contribution >= 4 is 23.2 Å². The first-order valence-electron chi connectivity index (χ1n) is 7.96. The Kier molecular flexibility index (Phi) is 5.20. The summed E-state index contributed by atoms with van der Waals surface area (Å²) in [6.45, 7) is 4.30. The molecule has 1 fully saturated rings. The number of rotatable bonds is 3. The minimum Gasteiger partial charge on any atom is -0.368 e. The van der Waals surface area contributed by atoms with Gasteiger partial charge in [-0.3, -0.25) is 9.67 Å². The molecule has 128 valence electrons. The molecule has 24 heavy (non-hydrogen) atoms. The summed E-state index contributed by atoms with van der Waals surface area (Å²) >= 11 is 6.09. The van der Waals surface area contributed by atoms with E-state index in [1.54, 1.807) is 11.0 Å². The molecule has 0 unspecified atom stereocenters. The van der Waals surface area contributed by atoms with Crippen LogP contribution < -0.4 is 10.2 Å². The predicted octanol–water partition coefficient (Wildman–Crippen LogP) is 1.37. The van der Waals surface area contributed by atoms with E-state index in [0.717, 1.165) is 43.0 Å². The van der Waals surface area contributed by atoms with Crippen LogP contribution >= 0.6 is 11.6 Å². The summed E-state index contributed by atoms with van der Waals surface area (Å²) in [5, 5.41) is 8.21. The number of nitrogens with one attached hydrogen (secondary N) is 1. The Balaban J connectivity index is 1.55. The lowest BCUT2D eigenvalue weighted by Gasteiger charge is -2.37. The van der Waals surface area contributed by atoms with Crippen molar-refractivity contribution in [1.29, 1.82) is 0 Å². The van der Waals surface area contributed by atoms with Gasteiger partial charge in [0.1, 0.15) is 12.2 Å². The average Bonchev–Trinajstić information content (AvgIpc) is 3.01. The van der Waals surface area contributed by atoms with E-state index in [9.17, 15) is 0 Å². The lowest BCUT2D eigenvalue weighted by Crippen LogP contribution is -2.52. The number of aryl methyl sites for hydroxylation is 1. The Morgan fingerprint density at radius 2 is 2.08 bits per heavy atom. The number of halogens is 1. The molecule has 2 heterocycles. The second-order valence-corrected chi connectivity index (χ2v) is 6.09. The van der Waals surface area contributed by atoms with E-state index < -0.39 is 0 Å². The standard InChI is InChI=1S/C16H22ClN7/c1-18-16(19-11-15-20-12-21-22(15)2)24-8-6-23(7-9-24)14-5-3-4-13(17)10-14/h3-5,10,12H,6-9,11H2,1-2H3,(H,18,19). The average molecular weight is 348 g/mol. The topological polar surface area (TPSA) is 61.6 Å². The fraction of sp³-hybridized carbons (Fsp3) is 0.438. The largest absolute Gasteiger partial charge is 0.368 e. The van der Waals surface area contributed by atoms with Crippen LogP contribution in [0, 0.1) is 0 Å². The van der Waals surface area contributed by atoms with Gasteiger partial charge < -0.3 is 15.1 Å². The van der Waals surface area contributed by atoms with Crippen LogP contribution in [0.1, 0.15) is 5.82 Å². The molecule has 0 atom stereocenters. The van der Waals surface area contributed by atoms with Gasteiger partial charge in [-0.15, -0.1) is 0 Å². The second kappa shape index (κ2) is 7.53. The van der Waals surface area contributed by atoms with Gasteiger partial charge in [0.15, 0.2) is 5.96 Å². The molecule has 1 aromatic carbocycles. The third-order valence-electron chi connectivity index (χ3n) is 4.17. The van der Waals surface area contributed by atoms with Gasteiger partial charge in [0.2, 0.25) is 0 Å². The monoisotopic (exact) mass is 347 g/mol. The zero-order valence-electron chi connectivity index (χ0n) is 14.0. The highest BCUT2D eigenvalue weighted by Gasteiger charge is 2.20. The van der Waals surface area contributed by atoms with Crippen molar-refractivity contribution in [3.63, 3.8) is 0 Å². The third-order valence-corrected chi connectivity index (χ3v) is 4.41. The molecular weight excluding hydrogens is 326 g/mol. The number of hydrogen-bond acceptors (Lipinski definition) is 4. The van der Waals surface area contributed by atoms with Crippen LogP contribution in [-0.4, -0.2) is 58.9 Å². The summed E-state index contributed by atoms with van der Waals surface area (Å²) in [6.07, 6.45) is 1.56. The zero-order chi connectivity index (χ0) is 16.9. The van der Waals surface area contributed by atoms with Gasteiger partial charge in [-0.1, -0.05) is 17.7 Å². The smallest absolute Gasteiger partial charge is 0.194 e. The van der Waals surface area contributed by atoms with Crippen molar-refractivity contribution in [1.82, 2.24) is 25.0 Å². The number of anilines is 1. The van der Waals surface area contributed by atoms with Crippen LogP contribution in [0.4, 0.5) is 5.69 Å². The van der Waals surface area contributed by atoms with Crippen LogP contribution in [-0.2, 0) is 13.6 Å². The summed E-state index contributed by atoms with van der Waals surface area (Å²) in [6, 6.07) is 8.01. The summed E-state index contributed by atoms with van der Waals surface area (Å²) in [4.78, 5) is 13.2. The number of aromatic nitrogens is 3. The Bertz CT molecular complexity index is 704. The highest BCUT2D eigenvalue weighted by molar-refractivity contribution is 6.30. The lowest BCUT2D eigenvalue weighted by molar-refractivity contribution is 0.371. The minimum absolute atomic E-state index is 0.609. The van der Waals surface area contributed by atoms with Crippen LogP contribution in [0.15, 0.2) is 35.6 Å². The Morgan fingerprint density at radius 3 is 2.71 bits per heavy atom. The maximum absolute atomic E-state index is 6.09. The molecule has 3 rings (SSSR count). The van der Waals surface area contributed by atoms with E-state index in [-0.39, 0.29) is 0 Å². The van der Waals surface area contributed by atoms with Crippen LogP contribution in [0.5, 0.6) is 0 Å². The number of guanidine groups is 1. The van der Waals surface area contributed by atoms with E-state index in [1.807, 2.05) is 32.3 Å². The fourth-order valence-corrected chi connectivity index (χ4v) is 3.00. The molecule has 0 spiro atoms. The summed E-state index contributed by atoms with van der Waals surface area (Å²) in [5.74, 6) is 1.78. The third kappa shape index (κ3) is 3.79. The van der Waals surface area contributed by atoms with Crippen molar-refractivity contribution in [3.05, 3.63) is 41.4 Å². The van der Waals surface area contributed by atoms with Crippen LogP contribution in [0.2, 0.25) is 5.02 Å². The van der Waals surface area contributed by atoms with Gasteiger partial charge in [-0.25, -0.2) is 4.98 Å². The Morgan fingerprint density at radius 1 is 1.29 bits per heavy atom. The highest BCUT2D eigenvalue weighted by atomic mass is 35.5. The summed E-state index contributed by atoms with van der Waals surface area (Å²) < 4.78 is 1.76. The van der Waals surface area contributed by atoms with Gasteiger partial charge in [-0.2, -0.15) is 5.10 Å². The van der Waals surface area contributed by atoms with E-state index in [0.29, 0.717) is 6.54 Å². The van der Waals surface area contributed by atoms with Gasteiger partial charge >= 0.3 is 0 Å².